The van der Waals surface area contributed by atoms with E-state index in [0.29, 0.717) is 25.6 Å². The summed E-state index contributed by atoms with van der Waals surface area (Å²) in [4.78, 5) is 28.3. The van der Waals surface area contributed by atoms with Gasteiger partial charge in [0.05, 0.1) is 5.41 Å². The fourth-order valence-corrected chi connectivity index (χ4v) is 4.82. The van der Waals surface area contributed by atoms with E-state index in [4.69, 9.17) is 0 Å². The van der Waals surface area contributed by atoms with Gasteiger partial charge in [-0.2, -0.15) is 0 Å². The molecular formula is C17H29N3O3. The molecule has 130 valence electrons. The zero-order chi connectivity index (χ0) is 16.6. The Labute approximate surface area is 138 Å². The first-order valence-corrected chi connectivity index (χ1v) is 8.87. The van der Waals surface area contributed by atoms with Gasteiger partial charge >= 0.3 is 12.0 Å². The number of aliphatic carboxylic acids is 1. The van der Waals surface area contributed by atoms with E-state index < -0.39 is 11.4 Å². The highest BCUT2D eigenvalue weighted by atomic mass is 16.4. The number of hydrogen-bond acceptors (Lipinski definition) is 3. The number of carboxylic acids is 1. The van der Waals surface area contributed by atoms with Crippen LogP contribution in [0.25, 0.3) is 0 Å². The summed E-state index contributed by atoms with van der Waals surface area (Å²) in [6.45, 7) is 0.977. The fourth-order valence-electron chi connectivity index (χ4n) is 4.82. The Balaban J connectivity index is 1.58. The van der Waals surface area contributed by atoms with Gasteiger partial charge in [0.2, 0.25) is 0 Å². The molecule has 0 spiro atoms. The van der Waals surface area contributed by atoms with Crippen LogP contribution in [0.2, 0.25) is 0 Å². The number of urea groups is 1. The topological polar surface area (TPSA) is 72.9 Å². The Hall–Kier alpha value is -1.30. The Morgan fingerprint density at radius 1 is 1.22 bits per heavy atom. The summed E-state index contributed by atoms with van der Waals surface area (Å²) in [5, 5.41) is 12.8. The molecule has 0 radical (unpaired) electrons. The minimum Gasteiger partial charge on any atom is -0.481 e. The lowest BCUT2D eigenvalue weighted by molar-refractivity contribution is -0.149. The van der Waals surface area contributed by atoms with Crippen LogP contribution in [0.3, 0.4) is 0 Å². The first kappa shape index (κ1) is 16.6. The monoisotopic (exact) mass is 323 g/mol. The van der Waals surface area contributed by atoms with Crippen LogP contribution in [0.15, 0.2) is 0 Å². The van der Waals surface area contributed by atoms with Gasteiger partial charge in [-0.15, -0.1) is 0 Å². The van der Waals surface area contributed by atoms with Crippen molar-refractivity contribution in [3.8, 4) is 0 Å². The molecule has 6 heteroatoms. The first-order chi connectivity index (χ1) is 10.9. The van der Waals surface area contributed by atoms with Gasteiger partial charge in [-0.05, 0) is 58.5 Å². The van der Waals surface area contributed by atoms with Crippen molar-refractivity contribution < 1.29 is 14.7 Å². The van der Waals surface area contributed by atoms with Gasteiger partial charge in [-0.3, -0.25) is 4.79 Å². The average molecular weight is 323 g/mol. The van der Waals surface area contributed by atoms with Crippen molar-refractivity contribution in [1.29, 1.82) is 0 Å². The van der Waals surface area contributed by atoms with E-state index >= 15 is 0 Å². The maximum Gasteiger partial charge on any atom is 0.317 e. The van der Waals surface area contributed by atoms with Crippen LogP contribution in [0, 0.1) is 11.3 Å². The van der Waals surface area contributed by atoms with Gasteiger partial charge in [0.15, 0.2) is 0 Å². The molecule has 2 amide bonds. The molecule has 3 fully saturated rings. The minimum atomic E-state index is -0.722. The molecule has 1 aliphatic heterocycles. The summed E-state index contributed by atoms with van der Waals surface area (Å²) in [7, 11) is 4.18. The Morgan fingerprint density at radius 2 is 2.00 bits per heavy atom. The molecule has 1 saturated heterocycles. The van der Waals surface area contributed by atoms with E-state index in [1.807, 2.05) is 0 Å². The van der Waals surface area contributed by atoms with Crippen LogP contribution < -0.4 is 5.32 Å². The van der Waals surface area contributed by atoms with Crippen LogP contribution in [-0.4, -0.2) is 66.2 Å². The maximum absolute atomic E-state index is 12.6. The molecule has 2 aliphatic carbocycles. The van der Waals surface area contributed by atoms with Crippen molar-refractivity contribution in [3.63, 3.8) is 0 Å². The summed E-state index contributed by atoms with van der Waals surface area (Å²) in [5.74, 6) is -0.590. The third kappa shape index (κ3) is 3.05. The van der Waals surface area contributed by atoms with E-state index in [1.165, 1.54) is 6.42 Å². The third-order valence-electron chi connectivity index (χ3n) is 6.29. The summed E-state index contributed by atoms with van der Waals surface area (Å²) in [6, 6.07) is 0.673. The predicted octanol–water partition coefficient (Wildman–Crippen LogP) is 1.76. The molecule has 3 aliphatic rings. The Kier molecular flexibility index (Phi) is 4.54. The first-order valence-electron chi connectivity index (χ1n) is 8.87. The van der Waals surface area contributed by atoms with Crippen LogP contribution in [0.4, 0.5) is 4.79 Å². The minimum absolute atomic E-state index is 0.0653. The molecule has 2 unspecified atom stereocenters. The van der Waals surface area contributed by atoms with E-state index in [1.54, 1.807) is 4.90 Å². The van der Waals surface area contributed by atoms with E-state index in [9.17, 15) is 14.7 Å². The SMILES string of the molecule is CN(C)C1CCCC(NC(=O)N2C[C@@H]3CCC[C@@]3(C(=O)O)C2)C1. The summed E-state index contributed by atoms with van der Waals surface area (Å²) in [5.41, 5.74) is -0.684. The number of hydrogen-bond donors (Lipinski definition) is 2. The van der Waals surface area contributed by atoms with Crippen molar-refractivity contribution >= 4 is 12.0 Å². The number of carbonyl (C=O) groups is 2. The van der Waals surface area contributed by atoms with Crippen LogP contribution in [0.5, 0.6) is 0 Å². The van der Waals surface area contributed by atoms with Gasteiger partial charge in [0.25, 0.3) is 0 Å². The highest BCUT2D eigenvalue weighted by Crippen LogP contribution is 2.48. The van der Waals surface area contributed by atoms with Crippen LogP contribution in [-0.2, 0) is 4.79 Å². The highest BCUT2D eigenvalue weighted by Gasteiger charge is 2.55. The lowest BCUT2D eigenvalue weighted by Crippen LogP contribution is -2.49. The zero-order valence-electron chi connectivity index (χ0n) is 14.3. The second-order valence-electron chi connectivity index (χ2n) is 7.86. The molecule has 2 saturated carbocycles. The molecule has 23 heavy (non-hydrogen) atoms. The largest absolute Gasteiger partial charge is 0.481 e. The number of amides is 2. The number of nitrogens with zero attached hydrogens (tertiary/aromatic N) is 2. The summed E-state index contributed by atoms with van der Waals surface area (Å²) >= 11 is 0. The molecule has 3 rings (SSSR count). The second kappa shape index (κ2) is 6.30. The highest BCUT2D eigenvalue weighted by molar-refractivity contribution is 5.80. The summed E-state index contributed by atoms with van der Waals surface area (Å²) in [6.07, 6.45) is 6.95. The smallest absolute Gasteiger partial charge is 0.317 e. The fraction of sp³-hybridized carbons (Fsp3) is 0.882. The molecule has 1 heterocycles. The van der Waals surface area contributed by atoms with E-state index in [2.05, 4.69) is 24.3 Å². The van der Waals surface area contributed by atoms with Crippen molar-refractivity contribution in [2.45, 2.75) is 57.0 Å². The quantitative estimate of drug-likeness (QED) is 0.830. The number of rotatable bonds is 3. The van der Waals surface area contributed by atoms with Crippen molar-refractivity contribution in [2.24, 2.45) is 11.3 Å². The standard InChI is InChI=1S/C17H29N3O3/c1-19(2)14-7-3-6-13(9-14)18-16(23)20-10-12-5-4-8-17(12,11-20)15(21)22/h12-14H,3-11H2,1-2H3,(H,18,23)(H,21,22)/t12-,13?,14?,17+/m0/s1. The predicted molar refractivity (Wildman–Crippen MR) is 87.2 cm³/mol. The van der Waals surface area contributed by atoms with Gasteiger partial charge < -0.3 is 20.2 Å². The summed E-state index contributed by atoms with van der Waals surface area (Å²) < 4.78 is 0. The second-order valence-corrected chi connectivity index (χ2v) is 7.86. The molecular weight excluding hydrogens is 294 g/mol. The van der Waals surface area contributed by atoms with Crippen molar-refractivity contribution in [3.05, 3.63) is 0 Å². The maximum atomic E-state index is 12.6. The number of fused-ring (bicyclic) bond motifs is 1. The normalized spacial score (nSPS) is 37.0. The van der Waals surface area contributed by atoms with Crippen molar-refractivity contribution in [2.75, 3.05) is 27.2 Å². The van der Waals surface area contributed by atoms with Gasteiger partial charge in [0.1, 0.15) is 0 Å². The molecule has 6 nitrogen and oxygen atoms in total. The lowest BCUT2D eigenvalue weighted by Gasteiger charge is -2.34. The molecule has 0 aromatic carbocycles. The third-order valence-corrected chi connectivity index (χ3v) is 6.29. The zero-order valence-corrected chi connectivity index (χ0v) is 14.3. The van der Waals surface area contributed by atoms with Gasteiger partial charge in [-0.25, -0.2) is 4.79 Å². The lowest BCUT2D eigenvalue weighted by atomic mass is 9.81. The number of carbonyl (C=O) groups excluding carboxylic acids is 1. The molecule has 4 atom stereocenters. The number of nitrogens with one attached hydrogen (secondary N) is 1. The number of likely N-dealkylation sites (tertiary alicyclic amines) is 1. The Morgan fingerprint density at radius 3 is 2.65 bits per heavy atom. The van der Waals surface area contributed by atoms with Crippen molar-refractivity contribution in [1.82, 2.24) is 15.1 Å². The van der Waals surface area contributed by atoms with Gasteiger partial charge in [0, 0.05) is 25.2 Å². The molecule has 0 aromatic rings. The van der Waals surface area contributed by atoms with Crippen LogP contribution in [0.1, 0.15) is 44.9 Å². The number of carboxylic acid groups (broad SMARTS) is 1. The average Bonchev–Trinajstić information content (AvgIpc) is 3.05. The molecule has 0 aromatic heterocycles. The van der Waals surface area contributed by atoms with Crippen LogP contribution >= 0.6 is 0 Å². The van der Waals surface area contributed by atoms with E-state index in [-0.39, 0.29) is 18.0 Å². The van der Waals surface area contributed by atoms with E-state index in [0.717, 1.165) is 32.1 Å². The molecule has 2 N–H and O–H groups in total. The Bertz CT molecular complexity index is 482. The van der Waals surface area contributed by atoms with Gasteiger partial charge in [-0.1, -0.05) is 6.42 Å². The molecule has 0 bridgehead atoms.